The van der Waals surface area contributed by atoms with Crippen molar-refractivity contribution in [1.82, 2.24) is 23.7 Å². The van der Waals surface area contributed by atoms with Gasteiger partial charge in [-0.25, -0.2) is 9.78 Å². The zero-order chi connectivity index (χ0) is 22.9. The van der Waals surface area contributed by atoms with Gasteiger partial charge in [0.2, 0.25) is 0 Å². The molecular weight excluding hydrogens is 439 g/mol. The van der Waals surface area contributed by atoms with E-state index >= 15 is 0 Å². The number of unbranched alkanes of at least 4 members (excludes halogenated alkanes) is 1. The molecule has 0 fully saturated rings. The maximum absolute atomic E-state index is 13.2. The van der Waals surface area contributed by atoms with E-state index < -0.39 is 33.6 Å². The van der Waals surface area contributed by atoms with Gasteiger partial charge in [0.05, 0.1) is 12.1 Å². The van der Waals surface area contributed by atoms with Crippen molar-refractivity contribution in [2.24, 2.45) is 0 Å². The Labute approximate surface area is 178 Å². The van der Waals surface area contributed by atoms with Crippen LogP contribution in [-0.4, -0.2) is 23.7 Å². The van der Waals surface area contributed by atoms with Gasteiger partial charge in [0.25, 0.3) is 11.1 Å². The predicted molar refractivity (Wildman–Crippen MR) is 110 cm³/mol. The number of nitrogens with one attached hydrogen (secondary N) is 1. The van der Waals surface area contributed by atoms with Crippen molar-refractivity contribution >= 4 is 22.8 Å². The monoisotopic (exact) mass is 459 g/mol. The van der Waals surface area contributed by atoms with E-state index in [1.807, 2.05) is 13.8 Å². The molecule has 31 heavy (non-hydrogen) atoms. The van der Waals surface area contributed by atoms with Gasteiger partial charge in [-0.1, -0.05) is 31.9 Å². The van der Waals surface area contributed by atoms with Crippen molar-refractivity contribution < 1.29 is 13.2 Å². The summed E-state index contributed by atoms with van der Waals surface area (Å²) in [5.41, 5.74) is -2.88. The zero-order valence-electron chi connectivity index (χ0n) is 16.9. The van der Waals surface area contributed by atoms with Crippen LogP contribution in [0.2, 0.25) is 5.02 Å². The molecule has 3 heterocycles. The largest absolute Gasteiger partial charge is 0.417 e. The molecule has 168 valence electrons. The van der Waals surface area contributed by atoms with Crippen LogP contribution in [0, 0.1) is 0 Å². The molecule has 0 aromatic carbocycles. The number of aryl methyl sites for hydroxylation is 2. The van der Waals surface area contributed by atoms with Crippen LogP contribution < -0.4 is 16.8 Å². The molecule has 0 saturated carbocycles. The van der Waals surface area contributed by atoms with Crippen molar-refractivity contribution in [3.8, 4) is 0 Å². The number of aromatic nitrogens is 5. The first kappa shape index (κ1) is 22.9. The molecular formula is C19H21ClF3N5O3. The second-order valence-corrected chi connectivity index (χ2v) is 7.53. The van der Waals surface area contributed by atoms with E-state index in [-0.39, 0.29) is 23.5 Å². The number of imidazole rings is 1. The van der Waals surface area contributed by atoms with Crippen LogP contribution in [0.4, 0.5) is 13.2 Å². The summed E-state index contributed by atoms with van der Waals surface area (Å²) < 4.78 is 43.2. The number of H-pyrrole nitrogens is 1. The second kappa shape index (κ2) is 8.74. The van der Waals surface area contributed by atoms with E-state index in [9.17, 15) is 27.6 Å². The molecule has 0 saturated heterocycles. The van der Waals surface area contributed by atoms with Gasteiger partial charge in [0.1, 0.15) is 10.8 Å². The second-order valence-electron chi connectivity index (χ2n) is 7.12. The fraction of sp³-hybridized carbons (Fsp3) is 0.474. The normalized spacial score (nSPS) is 12.1. The lowest BCUT2D eigenvalue weighted by Crippen LogP contribution is -2.31. The highest BCUT2D eigenvalue weighted by molar-refractivity contribution is 6.30. The SMILES string of the molecule is CCCCn1c(=O)[nH]c(=O)c2c1nc(Cn1cc(C(F)(F)F)cc(Cl)c1=O)n2CCC. The molecule has 0 radical (unpaired) electrons. The maximum atomic E-state index is 13.2. The van der Waals surface area contributed by atoms with E-state index in [4.69, 9.17) is 11.6 Å². The third kappa shape index (κ3) is 4.46. The summed E-state index contributed by atoms with van der Waals surface area (Å²) in [4.78, 5) is 43.9. The quantitative estimate of drug-likeness (QED) is 0.587. The van der Waals surface area contributed by atoms with Gasteiger partial charge in [0, 0.05) is 19.3 Å². The molecule has 0 aliphatic carbocycles. The molecule has 0 spiro atoms. The van der Waals surface area contributed by atoms with Gasteiger partial charge in [-0.2, -0.15) is 13.2 Å². The van der Waals surface area contributed by atoms with Crippen LogP contribution in [0.1, 0.15) is 44.5 Å². The molecule has 0 aliphatic heterocycles. The number of nitrogens with zero attached hydrogens (tertiary/aromatic N) is 4. The van der Waals surface area contributed by atoms with Gasteiger partial charge in [0.15, 0.2) is 11.2 Å². The molecule has 3 aromatic rings. The number of aromatic amines is 1. The van der Waals surface area contributed by atoms with E-state index in [2.05, 4.69) is 9.97 Å². The zero-order valence-corrected chi connectivity index (χ0v) is 17.7. The number of halogens is 4. The summed E-state index contributed by atoms with van der Waals surface area (Å²) in [6, 6.07) is 0.572. The lowest BCUT2D eigenvalue weighted by atomic mass is 10.2. The summed E-state index contributed by atoms with van der Waals surface area (Å²) in [5, 5.41) is -0.578. The fourth-order valence-electron chi connectivity index (χ4n) is 3.35. The van der Waals surface area contributed by atoms with Crippen molar-refractivity contribution in [3.63, 3.8) is 0 Å². The van der Waals surface area contributed by atoms with Gasteiger partial charge >= 0.3 is 11.9 Å². The molecule has 0 unspecified atom stereocenters. The molecule has 0 aliphatic rings. The molecule has 0 atom stereocenters. The minimum absolute atomic E-state index is 0.136. The number of hydrogen-bond donors (Lipinski definition) is 1. The summed E-state index contributed by atoms with van der Waals surface area (Å²) in [7, 11) is 0. The van der Waals surface area contributed by atoms with Gasteiger partial charge in [-0.3, -0.25) is 19.1 Å². The maximum Gasteiger partial charge on any atom is 0.417 e. The summed E-state index contributed by atoms with van der Waals surface area (Å²) in [6.07, 6.45) is -1.98. The summed E-state index contributed by atoms with van der Waals surface area (Å²) >= 11 is 5.74. The average Bonchev–Trinajstić information content (AvgIpc) is 3.03. The van der Waals surface area contributed by atoms with E-state index in [0.717, 1.165) is 11.0 Å². The Morgan fingerprint density at radius 2 is 1.81 bits per heavy atom. The van der Waals surface area contributed by atoms with Crippen LogP contribution in [0.15, 0.2) is 26.6 Å². The van der Waals surface area contributed by atoms with Crippen LogP contribution >= 0.6 is 11.6 Å². The van der Waals surface area contributed by atoms with Crippen molar-refractivity contribution in [3.05, 3.63) is 59.9 Å². The molecule has 0 bridgehead atoms. The van der Waals surface area contributed by atoms with Gasteiger partial charge in [-0.15, -0.1) is 0 Å². The Morgan fingerprint density at radius 1 is 1.10 bits per heavy atom. The lowest BCUT2D eigenvalue weighted by Gasteiger charge is -2.13. The Hall–Kier alpha value is -2.82. The molecule has 1 N–H and O–H groups in total. The van der Waals surface area contributed by atoms with Gasteiger partial charge in [-0.05, 0) is 18.9 Å². The number of pyridine rings is 1. The van der Waals surface area contributed by atoms with Crippen LogP contribution in [0.3, 0.4) is 0 Å². The van der Waals surface area contributed by atoms with Crippen molar-refractivity contribution in [2.75, 3.05) is 0 Å². The number of alkyl halides is 3. The van der Waals surface area contributed by atoms with E-state index in [1.165, 1.54) is 9.13 Å². The Morgan fingerprint density at radius 3 is 2.42 bits per heavy atom. The number of hydrogen-bond acceptors (Lipinski definition) is 4. The van der Waals surface area contributed by atoms with Crippen LogP contribution in [-0.2, 0) is 25.8 Å². The van der Waals surface area contributed by atoms with Crippen molar-refractivity contribution in [1.29, 1.82) is 0 Å². The van der Waals surface area contributed by atoms with Gasteiger partial charge < -0.3 is 9.13 Å². The van der Waals surface area contributed by atoms with Crippen LogP contribution in [0.25, 0.3) is 11.2 Å². The topological polar surface area (TPSA) is 94.7 Å². The van der Waals surface area contributed by atoms with Crippen LogP contribution in [0.5, 0.6) is 0 Å². The minimum Gasteiger partial charge on any atom is -0.321 e. The van der Waals surface area contributed by atoms with E-state index in [0.29, 0.717) is 38.2 Å². The highest BCUT2D eigenvalue weighted by Crippen LogP contribution is 2.29. The first-order valence-electron chi connectivity index (χ1n) is 9.77. The third-order valence-electron chi connectivity index (χ3n) is 4.83. The third-order valence-corrected chi connectivity index (χ3v) is 5.10. The first-order chi connectivity index (χ1) is 14.6. The average molecular weight is 460 g/mol. The van der Waals surface area contributed by atoms with Crippen molar-refractivity contribution in [2.45, 2.75) is 58.9 Å². The summed E-state index contributed by atoms with van der Waals surface area (Å²) in [6.45, 7) is 4.09. The smallest absolute Gasteiger partial charge is 0.321 e. The first-order valence-corrected chi connectivity index (χ1v) is 10.2. The fourth-order valence-corrected chi connectivity index (χ4v) is 3.58. The highest BCUT2D eigenvalue weighted by atomic mass is 35.5. The highest BCUT2D eigenvalue weighted by Gasteiger charge is 2.32. The minimum atomic E-state index is -4.69. The molecule has 12 heteroatoms. The molecule has 0 amide bonds. The number of rotatable bonds is 7. The summed E-state index contributed by atoms with van der Waals surface area (Å²) in [5.74, 6) is 0.177. The predicted octanol–water partition coefficient (Wildman–Crippen LogP) is 2.98. The number of fused-ring (bicyclic) bond motifs is 1. The molecule has 3 rings (SSSR count). The Bertz CT molecular complexity index is 1290. The standard InChI is InChI=1S/C19H21ClF3N5O3/c1-3-5-7-28-15-14(16(29)25-18(28)31)27(6-4-2)13(24-15)10-26-9-11(19(21,22)23)8-12(20)17(26)30/h8-9H,3-7,10H2,1-2H3,(H,25,29,31). The molecule has 3 aromatic heterocycles. The Kier molecular flexibility index (Phi) is 6.44. The lowest BCUT2D eigenvalue weighted by molar-refractivity contribution is -0.138. The molecule has 8 nitrogen and oxygen atoms in total. The Balaban J connectivity index is 2.24. The van der Waals surface area contributed by atoms with E-state index in [1.54, 1.807) is 0 Å².